The summed E-state index contributed by atoms with van der Waals surface area (Å²) < 4.78 is 18.9. The highest BCUT2D eigenvalue weighted by atomic mass is 35.5. The van der Waals surface area contributed by atoms with E-state index in [0.29, 0.717) is 11.1 Å². The maximum Gasteiger partial charge on any atom is 0.271 e. The van der Waals surface area contributed by atoms with Gasteiger partial charge in [-0.1, -0.05) is 41.9 Å². The van der Waals surface area contributed by atoms with E-state index in [4.69, 9.17) is 16.3 Å². The maximum atomic E-state index is 13.6. The molecule has 0 aliphatic rings. The van der Waals surface area contributed by atoms with Gasteiger partial charge in [-0.25, -0.2) is 9.82 Å². The molecule has 0 bridgehead atoms. The SMILES string of the molecule is O=C(COc1ccc(/C=N/NC(=O)c2ccccc2)cc1Cl)Nc1ccccc1F. The Bertz CT molecular complexity index is 1070. The van der Waals surface area contributed by atoms with Crippen molar-refractivity contribution < 1.29 is 18.7 Å². The van der Waals surface area contributed by atoms with E-state index in [2.05, 4.69) is 15.8 Å². The van der Waals surface area contributed by atoms with Crippen molar-refractivity contribution in [2.75, 3.05) is 11.9 Å². The molecule has 0 radical (unpaired) electrons. The van der Waals surface area contributed by atoms with Crippen LogP contribution in [-0.2, 0) is 4.79 Å². The summed E-state index contributed by atoms with van der Waals surface area (Å²) in [7, 11) is 0. The number of hydrogen-bond donors (Lipinski definition) is 2. The number of benzene rings is 3. The van der Waals surface area contributed by atoms with Gasteiger partial charge in [0.05, 0.1) is 16.9 Å². The lowest BCUT2D eigenvalue weighted by molar-refractivity contribution is -0.118. The fourth-order valence-corrected chi connectivity index (χ4v) is 2.67. The van der Waals surface area contributed by atoms with E-state index >= 15 is 0 Å². The van der Waals surface area contributed by atoms with E-state index in [9.17, 15) is 14.0 Å². The molecule has 0 atom stereocenters. The number of rotatable bonds is 7. The molecule has 152 valence electrons. The molecular formula is C22H17ClFN3O3. The van der Waals surface area contributed by atoms with Gasteiger partial charge < -0.3 is 10.1 Å². The summed E-state index contributed by atoms with van der Waals surface area (Å²) in [5, 5.41) is 6.57. The fourth-order valence-electron chi connectivity index (χ4n) is 2.43. The number of hydrogen-bond acceptors (Lipinski definition) is 4. The van der Waals surface area contributed by atoms with Crippen LogP contribution in [-0.4, -0.2) is 24.6 Å². The first-order valence-corrected chi connectivity index (χ1v) is 9.26. The van der Waals surface area contributed by atoms with E-state index in [0.717, 1.165) is 0 Å². The molecule has 0 heterocycles. The summed E-state index contributed by atoms with van der Waals surface area (Å²) in [5.74, 6) is -1.11. The Morgan fingerprint density at radius 2 is 1.77 bits per heavy atom. The van der Waals surface area contributed by atoms with Gasteiger partial charge in [-0.15, -0.1) is 0 Å². The lowest BCUT2D eigenvalue weighted by Crippen LogP contribution is -2.20. The lowest BCUT2D eigenvalue weighted by Gasteiger charge is -2.09. The zero-order valence-electron chi connectivity index (χ0n) is 15.6. The van der Waals surface area contributed by atoms with Gasteiger partial charge >= 0.3 is 0 Å². The summed E-state index contributed by atoms with van der Waals surface area (Å²) in [6.07, 6.45) is 1.43. The topological polar surface area (TPSA) is 79.8 Å². The Kier molecular flexibility index (Phi) is 7.13. The minimum absolute atomic E-state index is 0.0707. The summed E-state index contributed by atoms with van der Waals surface area (Å²) >= 11 is 6.17. The highest BCUT2D eigenvalue weighted by Gasteiger charge is 2.09. The second-order valence-corrected chi connectivity index (χ2v) is 6.48. The fraction of sp³-hybridized carbons (Fsp3) is 0.0455. The molecule has 2 N–H and O–H groups in total. The number of halogens is 2. The van der Waals surface area contributed by atoms with Crippen molar-refractivity contribution >= 4 is 35.3 Å². The molecule has 3 aromatic rings. The van der Waals surface area contributed by atoms with Crippen LogP contribution in [0.15, 0.2) is 77.9 Å². The lowest BCUT2D eigenvalue weighted by atomic mass is 10.2. The van der Waals surface area contributed by atoms with Crippen LogP contribution in [0.5, 0.6) is 5.75 Å². The zero-order chi connectivity index (χ0) is 21.3. The van der Waals surface area contributed by atoms with Gasteiger partial charge in [-0.2, -0.15) is 5.10 Å². The second-order valence-electron chi connectivity index (χ2n) is 6.07. The van der Waals surface area contributed by atoms with Crippen LogP contribution >= 0.6 is 11.6 Å². The van der Waals surface area contributed by atoms with Crippen LogP contribution in [0, 0.1) is 5.82 Å². The van der Waals surface area contributed by atoms with E-state index in [1.54, 1.807) is 48.5 Å². The molecule has 30 heavy (non-hydrogen) atoms. The third-order valence-corrected chi connectivity index (χ3v) is 4.17. The molecule has 0 aliphatic carbocycles. The first-order valence-electron chi connectivity index (χ1n) is 8.88. The van der Waals surface area contributed by atoms with Crippen molar-refractivity contribution in [2.45, 2.75) is 0 Å². The number of para-hydroxylation sites is 1. The highest BCUT2D eigenvalue weighted by molar-refractivity contribution is 6.32. The second kappa shape index (κ2) is 10.2. The number of hydrazone groups is 1. The molecule has 0 spiro atoms. The van der Waals surface area contributed by atoms with Gasteiger partial charge in [-0.05, 0) is 48.0 Å². The minimum Gasteiger partial charge on any atom is -0.482 e. The van der Waals surface area contributed by atoms with Gasteiger partial charge in [0.2, 0.25) is 0 Å². The summed E-state index contributed by atoms with van der Waals surface area (Å²) in [6, 6.07) is 19.3. The average molecular weight is 426 g/mol. The monoisotopic (exact) mass is 425 g/mol. The summed E-state index contributed by atoms with van der Waals surface area (Å²) in [4.78, 5) is 23.9. The number of carbonyl (C=O) groups is 2. The quantitative estimate of drug-likeness (QED) is 0.438. The van der Waals surface area contributed by atoms with E-state index in [1.165, 1.54) is 24.4 Å². The van der Waals surface area contributed by atoms with Crippen molar-refractivity contribution in [2.24, 2.45) is 5.10 Å². The number of carbonyl (C=O) groups excluding carboxylic acids is 2. The first-order chi connectivity index (χ1) is 14.5. The smallest absolute Gasteiger partial charge is 0.271 e. The van der Waals surface area contributed by atoms with Crippen LogP contribution in [0.2, 0.25) is 5.02 Å². The normalized spacial score (nSPS) is 10.6. The number of anilines is 1. The molecule has 0 saturated heterocycles. The van der Waals surface area contributed by atoms with Crippen LogP contribution in [0.3, 0.4) is 0 Å². The van der Waals surface area contributed by atoms with Crippen molar-refractivity contribution in [1.82, 2.24) is 5.43 Å². The summed E-state index contributed by atoms with van der Waals surface area (Å²) in [5.41, 5.74) is 3.61. The number of ether oxygens (including phenoxy) is 1. The van der Waals surface area contributed by atoms with Gasteiger partial charge in [0.15, 0.2) is 6.61 Å². The molecule has 0 aliphatic heterocycles. The largest absolute Gasteiger partial charge is 0.482 e. The number of nitrogens with one attached hydrogen (secondary N) is 2. The molecule has 3 rings (SSSR count). The Labute approximate surface area is 177 Å². The summed E-state index contributed by atoms with van der Waals surface area (Å²) in [6.45, 7) is -0.339. The number of amides is 2. The standard InChI is InChI=1S/C22H17ClFN3O3/c23-17-12-15(13-25-27-22(29)16-6-2-1-3-7-16)10-11-20(17)30-14-21(28)26-19-9-5-4-8-18(19)24/h1-13H,14H2,(H,26,28)(H,27,29)/b25-13+. The molecule has 0 unspecified atom stereocenters. The van der Waals surface area contributed by atoms with Crippen molar-refractivity contribution in [3.63, 3.8) is 0 Å². The average Bonchev–Trinajstić information content (AvgIpc) is 2.75. The molecular weight excluding hydrogens is 409 g/mol. The molecule has 2 amide bonds. The third kappa shape index (κ3) is 5.89. The molecule has 6 nitrogen and oxygen atoms in total. The van der Waals surface area contributed by atoms with Crippen molar-refractivity contribution in [3.05, 3.63) is 94.8 Å². The molecule has 0 aromatic heterocycles. The van der Waals surface area contributed by atoms with Gasteiger partial charge in [0.1, 0.15) is 11.6 Å². The van der Waals surface area contributed by atoms with Crippen LogP contribution < -0.4 is 15.5 Å². The maximum absolute atomic E-state index is 13.6. The highest BCUT2D eigenvalue weighted by Crippen LogP contribution is 2.25. The predicted octanol–water partition coefficient (Wildman–Crippen LogP) is 4.26. The van der Waals surface area contributed by atoms with Crippen molar-refractivity contribution in [3.8, 4) is 5.75 Å². The van der Waals surface area contributed by atoms with Crippen molar-refractivity contribution in [1.29, 1.82) is 0 Å². The Morgan fingerprint density at radius 1 is 1.03 bits per heavy atom. The van der Waals surface area contributed by atoms with E-state index < -0.39 is 11.7 Å². The van der Waals surface area contributed by atoms with E-state index in [1.807, 2.05) is 6.07 Å². The van der Waals surface area contributed by atoms with E-state index in [-0.39, 0.29) is 29.0 Å². The first kappa shape index (κ1) is 21.0. The zero-order valence-corrected chi connectivity index (χ0v) is 16.4. The van der Waals surface area contributed by atoms with Gasteiger partial charge in [0.25, 0.3) is 11.8 Å². The molecule has 0 fully saturated rings. The molecule has 3 aromatic carbocycles. The van der Waals surface area contributed by atoms with Crippen LogP contribution in [0.4, 0.5) is 10.1 Å². The molecule has 8 heteroatoms. The Morgan fingerprint density at radius 3 is 2.50 bits per heavy atom. The van der Waals surface area contributed by atoms with Crippen LogP contribution in [0.25, 0.3) is 0 Å². The van der Waals surface area contributed by atoms with Crippen LogP contribution in [0.1, 0.15) is 15.9 Å². The number of nitrogens with zero attached hydrogens (tertiary/aromatic N) is 1. The molecule has 0 saturated carbocycles. The third-order valence-electron chi connectivity index (χ3n) is 3.88. The van der Waals surface area contributed by atoms with Gasteiger partial charge in [-0.3, -0.25) is 9.59 Å². The minimum atomic E-state index is -0.535. The van der Waals surface area contributed by atoms with Gasteiger partial charge in [0, 0.05) is 5.56 Å². The Balaban J connectivity index is 1.53. The predicted molar refractivity (Wildman–Crippen MR) is 113 cm³/mol. The Hall–Kier alpha value is -3.71.